The largest absolute Gasteiger partial charge is 0.486 e. The normalized spacial score (nSPS) is 22.2. The molecule has 1 aromatic carbocycles. The summed E-state index contributed by atoms with van der Waals surface area (Å²) in [5.74, 6) is 1.94. The van der Waals surface area contributed by atoms with Gasteiger partial charge in [0, 0.05) is 30.8 Å². The van der Waals surface area contributed by atoms with Crippen molar-refractivity contribution in [3.05, 3.63) is 17.7 Å². The van der Waals surface area contributed by atoms with Gasteiger partial charge in [-0.25, -0.2) is 0 Å². The zero-order valence-electron chi connectivity index (χ0n) is 9.03. The highest BCUT2D eigenvalue weighted by Gasteiger charge is 2.21. The fourth-order valence-electron chi connectivity index (χ4n) is 2.23. The Morgan fingerprint density at radius 1 is 1.25 bits per heavy atom. The van der Waals surface area contributed by atoms with Crippen LogP contribution in [0.2, 0.25) is 0 Å². The van der Waals surface area contributed by atoms with Crippen LogP contribution in [0.3, 0.4) is 0 Å². The van der Waals surface area contributed by atoms with E-state index in [1.54, 1.807) is 0 Å². The van der Waals surface area contributed by atoms with E-state index in [4.69, 9.17) is 14.6 Å². The van der Waals surface area contributed by atoms with Crippen molar-refractivity contribution in [2.45, 2.75) is 6.42 Å². The Morgan fingerprint density at radius 3 is 2.75 bits per heavy atom. The van der Waals surface area contributed by atoms with Gasteiger partial charge in [0.15, 0.2) is 11.5 Å². The molecular weight excluding hydrogens is 206 g/mol. The molecule has 1 aromatic rings. The minimum absolute atomic E-state index is 0.223. The second kappa shape index (κ2) is 3.87. The molecule has 3 rings (SSSR count). The SMILES string of the molecule is OCC1CNc2cc3c(cc2C1)OCCO3. The molecule has 0 saturated carbocycles. The summed E-state index contributed by atoms with van der Waals surface area (Å²) in [6.45, 7) is 2.28. The van der Waals surface area contributed by atoms with Gasteiger partial charge in [-0.15, -0.1) is 0 Å². The number of hydrogen-bond acceptors (Lipinski definition) is 4. The Balaban J connectivity index is 1.95. The van der Waals surface area contributed by atoms with Crippen molar-refractivity contribution in [3.8, 4) is 11.5 Å². The van der Waals surface area contributed by atoms with Gasteiger partial charge < -0.3 is 19.9 Å². The van der Waals surface area contributed by atoms with Gasteiger partial charge in [0.1, 0.15) is 13.2 Å². The Labute approximate surface area is 94.2 Å². The maximum atomic E-state index is 9.16. The molecule has 0 fully saturated rings. The van der Waals surface area contributed by atoms with E-state index < -0.39 is 0 Å². The number of nitrogens with one attached hydrogen (secondary N) is 1. The number of rotatable bonds is 1. The predicted molar refractivity (Wildman–Crippen MR) is 60.2 cm³/mol. The van der Waals surface area contributed by atoms with Gasteiger partial charge in [0.05, 0.1) is 0 Å². The molecule has 0 radical (unpaired) electrons. The topological polar surface area (TPSA) is 50.7 Å². The standard InChI is InChI=1S/C12H15NO3/c14-7-8-3-9-4-11-12(16-2-1-15-11)5-10(9)13-6-8/h4-5,8,13-14H,1-3,6-7H2. The summed E-state index contributed by atoms with van der Waals surface area (Å²) in [6.07, 6.45) is 0.898. The number of hydrogen-bond donors (Lipinski definition) is 2. The highest BCUT2D eigenvalue weighted by Crippen LogP contribution is 2.38. The Bertz CT molecular complexity index is 405. The van der Waals surface area contributed by atoms with Crippen LogP contribution in [0.15, 0.2) is 12.1 Å². The van der Waals surface area contributed by atoms with Crippen LogP contribution in [0.5, 0.6) is 11.5 Å². The number of aliphatic hydroxyl groups excluding tert-OH is 1. The number of aliphatic hydroxyl groups is 1. The smallest absolute Gasteiger partial charge is 0.163 e. The molecule has 0 spiro atoms. The minimum Gasteiger partial charge on any atom is -0.486 e. The van der Waals surface area contributed by atoms with E-state index >= 15 is 0 Å². The van der Waals surface area contributed by atoms with Gasteiger partial charge >= 0.3 is 0 Å². The molecule has 4 heteroatoms. The van der Waals surface area contributed by atoms with Gasteiger partial charge in [-0.2, -0.15) is 0 Å². The lowest BCUT2D eigenvalue weighted by molar-refractivity contribution is 0.171. The fraction of sp³-hybridized carbons (Fsp3) is 0.500. The van der Waals surface area contributed by atoms with Crippen molar-refractivity contribution in [2.24, 2.45) is 5.92 Å². The van der Waals surface area contributed by atoms with Crippen molar-refractivity contribution < 1.29 is 14.6 Å². The molecule has 0 saturated heterocycles. The number of fused-ring (bicyclic) bond motifs is 2. The van der Waals surface area contributed by atoms with E-state index in [0.29, 0.717) is 19.1 Å². The van der Waals surface area contributed by atoms with Crippen molar-refractivity contribution in [1.29, 1.82) is 0 Å². The summed E-state index contributed by atoms with van der Waals surface area (Å²) in [6, 6.07) is 4.02. The quantitative estimate of drug-likeness (QED) is 0.743. The maximum absolute atomic E-state index is 9.16. The Kier molecular flexibility index (Phi) is 2.36. The van der Waals surface area contributed by atoms with Crippen LogP contribution < -0.4 is 14.8 Å². The van der Waals surface area contributed by atoms with Crippen LogP contribution in [-0.4, -0.2) is 31.5 Å². The summed E-state index contributed by atoms with van der Waals surface area (Å²) in [5, 5.41) is 12.5. The van der Waals surface area contributed by atoms with E-state index in [0.717, 1.165) is 30.2 Å². The van der Waals surface area contributed by atoms with E-state index in [9.17, 15) is 0 Å². The summed E-state index contributed by atoms with van der Waals surface area (Å²) in [4.78, 5) is 0. The molecule has 0 amide bonds. The maximum Gasteiger partial charge on any atom is 0.163 e. The van der Waals surface area contributed by atoms with Crippen LogP contribution in [0.4, 0.5) is 5.69 Å². The molecule has 2 aliphatic rings. The van der Waals surface area contributed by atoms with Gasteiger partial charge in [0.25, 0.3) is 0 Å². The zero-order valence-corrected chi connectivity index (χ0v) is 9.03. The minimum atomic E-state index is 0.223. The first-order chi connectivity index (χ1) is 7.86. The zero-order chi connectivity index (χ0) is 11.0. The first-order valence-electron chi connectivity index (χ1n) is 5.64. The van der Waals surface area contributed by atoms with Crippen molar-refractivity contribution >= 4 is 5.69 Å². The lowest BCUT2D eigenvalue weighted by Gasteiger charge is -2.27. The van der Waals surface area contributed by atoms with Crippen molar-refractivity contribution in [2.75, 3.05) is 31.7 Å². The van der Waals surface area contributed by atoms with E-state index in [1.165, 1.54) is 5.56 Å². The van der Waals surface area contributed by atoms with E-state index in [-0.39, 0.29) is 6.61 Å². The summed E-state index contributed by atoms with van der Waals surface area (Å²) in [5.41, 5.74) is 2.31. The number of anilines is 1. The average molecular weight is 221 g/mol. The van der Waals surface area contributed by atoms with Crippen LogP contribution >= 0.6 is 0 Å². The molecule has 0 aliphatic carbocycles. The van der Waals surface area contributed by atoms with E-state index in [1.807, 2.05) is 12.1 Å². The Hall–Kier alpha value is -1.42. The lowest BCUT2D eigenvalue weighted by Crippen LogP contribution is -2.26. The van der Waals surface area contributed by atoms with Gasteiger partial charge in [0.2, 0.25) is 0 Å². The highest BCUT2D eigenvalue weighted by molar-refractivity contribution is 5.62. The summed E-state index contributed by atoms with van der Waals surface area (Å²) in [7, 11) is 0. The third kappa shape index (κ3) is 1.59. The monoisotopic (exact) mass is 221 g/mol. The van der Waals surface area contributed by atoms with Crippen LogP contribution in [-0.2, 0) is 6.42 Å². The lowest BCUT2D eigenvalue weighted by atomic mass is 9.94. The molecule has 2 N–H and O–H groups in total. The highest BCUT2D eigenvalue weighted by atomic mass is 16.6. The average Bonchev–Trinajstić information content (AvgIpc) is 2.35. The molecular formula is C12H15NO3. The fourth-order valence-corrected chi connectivity index (χ4v) is 2.23. The van der Waals surface area contributed by atoms with Gasteiger partial charge in [-0.1, -0.05) is 0 Å². The number of benzene rings is 1. The third-order valence-corrected chi connectivity index (χ3v) is 3.12. The molecule has 0 bridgehead atoms. The van der Waals surface area contributed by atoms with Crippen molar-refractivity contribution in [1.82, 2.24) is 0 Å². The molecule has 0 aromatic heterocycles. The molecule has 86 valence electrons. The molecule has 16 heavy (non-hydrogen) atoms. The van der Waals surface area contributed by atoms with Gasteiger partial charge in [-0.3, -0.25) is 0 Å². The van der Waals surface area contributed by atoms with Crippen LogP contribution in [0, 0.1) is 5.92 Å². The van der Waals surface area contributed by atoms with Gasteiger partial charge in [-0.05, 0) is 18.1 Å². The molecule has 2 heterocycles. The first kappa shape index (κ1) is 9.78. The molecule has 2 aliphatic heterocycles. The Morgan fingerprint density at radius 2 is 2.00 bits per heavy atom. The van der Waals surface area contributed by atoms with Crippen molar-refractivity contribution in [3.63, 3.8) is 0 Å². The first-order valence-corrected chi connectivity index (χ1v) is 5.64. The number of ether oxygens (including phenoxy) is 2. The third-order valence-electron chi connectivity index (χ3n) is 3.12. The predicted octanol–water partition coefficient (Wildman–Crippen LogP) is 1.03. The summed E-state index contributed by atoms with van der Waals surface area (Å²) < 4.78 is 11.1. The summed E-state index contributed by atoms with van der Waals surface area (Å²) >= 11 is 0. The molecule has 1 unspecified atom stereocenters. The second-order valence-corrected chi connectivity index (χ2v) is 4.29. The van der Waals surface area contributed by atoms with Crippen LogP contribution in [0.1, 0.15) is 5.56 Å². The van der Waals surface area contributed by atoms with E-state index in [2.05, 4.69) is 5.32 Å². The molecule has 1 atom stereocenters. The molecule has 4 nitrogen and oxygen atoms in total. The second-order valence-electron chi connectivity index (χ2n) is 4.29. The van der Waals surface area contributed by atoms with Crippen LogP contribution in [0.25, 0.3) is 0 Å².